The van der Waals surface area contributed by atoms with Crippen molar-refractivity contribution in [3.63, 3.8) is 0 Å². The van der Waals surface area contributed by atoms with Gasteiger partial charge in [0.1, 0.15) is 0 Å². The summed E-state index contributed by atoms with van der Waals surface area (Å²) in [6, 6.07) is 17.7. The van der Waals surface area contributed by atoms with E-state index in [-0.39, 0.29) is 11.8 Å². The third-order valence-electron chi connectivity index (χ3n) is 4.80. The quantitative estimate of drug-likeness (QED) is 0.847. The number of nitrogens with one attached hydrogen (secondary N) is 1. The van der Waals surface area contributed by atoms with Crippen molar-refractivity contribution in [2.24, 2.45) is 0 Å². The lowest BCUT2D eigenvalue weighted by atomic mass is 10.1. The molecule has 0 saturated carbocycles. The number of rotatable bonds is 4. The molecule has 0 bridgehead atoms. The molecule has 1 N–H and O–H groups in total. The van der Waals surface area contributed by atoms with Crippen molar-refractivity contribution >= 4 is 28.8 Å². The summed E-state index contributed by atoms with van der Waals surface area (Å²) in [5, 5.41) is 2.91. The first-order valence-electron chi connectivity index (χ1n) is 9.18. The van der Waals surface area contributed by atoms with Gasteiger partial charge in [0, 0.05) is 50.6 Å². The standard InChI is InChI=1S/C22H25N3O2/c1-17(19-6-4-3-5-7-19)16-22(27)23-20-8-10-21(11-9-20)25-14-12-24(13-15-25)18(2)26/h3-11,16H,12-15H2,1-2H3,(H,23,27)/b17-16+. The topological polar surface area (TPSA) is 52.7 Å². The second-order valence-electron chi connectivity index (χ2n) is 6.72. The lowest BCUT2D eigenvalue weighted by molar-refractivity contribution is -0.129. The minimum atomic E-state index is -0.140. The molecule has 2 aromatic rings. The fraction of sp³-hybridized carbons (Fsp3) is 0.273. The fourth-order valence-corrected chi connectivity index (χ4v) is 3.19. The lowest BCUT2D eigenvalue weighted by Crippen LogP contribution is -2.48. The zero-order valence-electron chi connectivity index (χ0n) is 15.8. The van der Waals surface area contributed by atoms with Gasteiger partial charge < -0.3 is 15.1 Å². The lowest BCUT2D eigenvalue weighted by Gasteiger charge is -2.35. The predicted molar refractivity (Wildman–Crippen MR) is 110 cm³/mol. The maximum absolute atomic E-state index is 12.2. The van der Waals surface area contributed by atoms with E-state index in [1.165, 1.54) is 0 Å². The number of amides is 2. The van der Waals surface area contributed by atoms with E-state index in [2.05, 4.69) is 10.2 Å². The SMILES string of the molecule is CC(=O)N1CCN(c2ccc(NC(=O)/C=C(\C)c3ccccc3)cc2)CC1. The van der Waals surface area contributed by atoms with Crippen LogP contribution in [0, 0.1) is 0 Å². The molecular formula is C22H25N3O2. The van der Waals surface area contributed by atoms with Crippen molar-refractivity contribution in [2.45, 2.75) is 13.8 Å². The normalized spacial score (nSPS) is 14.8. The molecule has 140 valence electrons. The highest BCUT2D eigenvalue weighted by Gasteiger charge is 2.18. The van der Waals surface area contributed by atoms with Crippen LogP contribution in [-0.4, -0.2) is 42.9 Å². The van der Waals surface area contributed by atoms with E-state index in [1.807, 2.05) is 66.4 Å². The van der Waals surface area contributed by atoms with Crippen LogP contribution in [0.15, 0.2) is 60.7 Å². The highest BCUT2D eigenvalue weighted by atomic mass is 16.2. The Morgan fingerprint density at radius 1 is 0.889 bits per heavy atom. The number of nitrogens with zero attached hydrogens (tertiary/aromatic N) is 2. The van der Waals surface area contributed by atoms with Crippen LogP contribution < -0.4 is 10.2 Å². The zero-order valence-corrected chi connectivity index (χ0v) is 15.8. The van der Waals surface area contributed by atoms with Crippen LogP contribution in [0.4, 0.5) is 11.4 Å². The van der Waals surface area contributed by atoms with Crippen LogP contribution in [0.2, 0.25) is 0 Å². The van der Waals surface area contributed by atoms with Crippen molar-refractivity contribution in [3.05, 3.63) is 66.2 Å². The molecule has 0 radical (unpaired) electrons. The van der Waals surface area contributed by atoms with Crippen molar-refractivity contribution in [2.75, 3.05) is 36.4 Å². The molecule has 2 amide bonds. The summed E-state index contributed by atoms with van der Waals surface area (Å²) in [4.78, 5) is 27.8. The van der Waals surface area contributed by atoms with Crippen molar-refractivity contribution in [3.8, 4) is 0 Å². The Morgan fingerprint density at radius 3 is 2.11 bits per heavy atom. The molecule has 1 aliphatic rings. The monoisotopic (exact) mass is 363 g/mol. The van der Waals surface area contributed by atoms with Crippen LogP contribution >= 0.6 is 0 Å². The maximum atomic E-state index is 12.2. The van der Waals surface area contributed by atoms with E-state index in [4.69, 9.17) is 0 Å². The Morgan fingerprint density at radius 2 is 1.52 bits per heavy atom. The van der Waals surface area contributed by atoms with E-state index in [9.17, 15) is 9.59 Å². The van der Waals surface area contributed by atoms with E-state index in [0.29, 0.717) is 0 Å². The van der Waals surface area contributed by atoms with Gasteiger partial charge in [-0.05, 0) is 42.3 Å². The number of benzene rings is 2. The van der Waals surface area contributed by atoms with Crippen LogP contribution in [0.1, 0.15) is 19.4 Å². The van der Waals surface area contributed by atoms with Crippen molar-refractivity contribution < 1.29 is 9.59 Å². The minimum absolute atomic E-state index is 0.131. The molecule has 27 heavy (non-hydrogen) atoms. The van der Waals surface area contributed by atoms with Gasteiger partial charge in [-0.1, -0.05) is 30.3 Å². The summed E-state index contributed by atoms with van der Waals surface area (Å²) in [7, 11) is 0. The summed E-state index contributed by atoms with van der Waals surface area (Å²) in [5.41, 5.74) is 3.83. The Labute approximate surface area is 160 Å². The van der Waals surface area contributed by atoms with Crippen LogP contribution in [0.5, 0.6) is 0 Å². The van der Waals surface area contributed by atoms with Crippen LogP contribution in [0.25, 0.3) is 5.57 Å². The molecule has 0 atom stereocenters. The van der Waals surface area contributed by atoms with Crippen molar-refractivity contribution in [1.29, 1.82) is 0 Å². The highest BCUT2D eigenvalue weighted by Crippen LogP contribution is 2.20. The van der Waals surface area contributed by atoms with Gasteiger partial charge in [-0.3, -0.25) is 9.59 Å². The molecule has 1 heterocycles. The maximum Gasteiger partial charge on any atom is 0.248 e. The number of carbonyl (C=O) groups excluding carboxylic acids is 2. The minimum Gasteiger partial charge on any atom is -0.368 e. The number of anilines is 2. The van der Waals surface area contributed by atoms with Crippen LogP contribution in [-0.2, 0) is 9.59 Å². The summed E-state index contributed by atoms with van der Waals surface area (Å²) in [6.07, 6.45) is 1.62. The Bertz CT molecular complexity index is 820. The molecule has 2 aromatic carbocycles. The molecule has 0 unspecified atom stereocenters. The van der Waals surface area contributed by atoms with Crippen molar-refractivity contribution in [1.82, 2.24) is 4.90 Å². The fourth-order valence-electron chi connectivity index (χ4n) is 3.19. The summed E-state index contributed by atoms with van der Waals surface area (Å²) in [5.74, 6) is -0.00858. The Hall–Kier alpha value is -3.08. The van der Waals surface area contributed by atoms with Gasteiger partial charge in [0.2, 0.25) is 11.8 Å². The molecule has 5 nitrogen and oxygen atoms in total. The number of hydrogen-bond donors (Lipinski definition) is 1. The van der Waals surface area contributed by atoms with Gasteiger partial charge in [0.05, 0.1) is 0 Å². The molecule has 5 heteroatoms. The average Bonchev–Trinajstić information content (AvgIpc) is 2.69. The zero-order chi connectivity index (χ0) is 19.2. The Balaban J connectivity index is 1.58. The van der Waals surface area contributed by atoms with E-state index in [0.717, 1.165) is 48.7 Å². The third kappa shape index (κ3) is 4.97. The number of carbonyl (C=O) groups is 2. The van der Waals surface area contributed by atoms with Gasteiger partial charge in [-0.25, -0.2) is 0 Å². The van der Waals surface area contributed by atoms with E-state index >= 15 is 0 Å². The van der Waals surface area contributed by atoms with Gasteiger partial charge in [-0.2, -0.15) is 0 Å². The largest absolute Gasteiger partial charge is 0.368 e. The number of hydrogen-bond acceptors (Lipinski definition) is 3. The summed E-state index contributed by atoms with van der Waals surface area (Å²) in [6.45, 7) is 6.68. The smallest absolute Gasteiger partial charge is 0.248 e. The number of piperazine rings is 1. The predicted octanol–water partition coefficient (Wildman–Crippen LogP) is 3.40. The summed E-state index contributed by atoms with van der Waals surface area (Å²) >= 11 is 0. The van der Waals surface area contributed by atoms with Gasteiger partial charge in [-0.15, -0.1) is 0 Å². The molecule has 3 rings (SSSR count). The number of allylic oxidation sites excluding steroid dienone is 1. The van der Waals surface area contributed by atoms with Gasteiger partial charge in [0.15, 0.2) is 0 Å². The first-order valence-corrected chi connectivity index (χ1v) is 9.18. The molecule has 0 aromatic heterocycles. The Kier molecular flexibility index (Phi) is 5.91. The first kappa shape index (κ1) is 18.7. The second-order valence-corrected chi connectivity index (χ2v) is 6.72. The molecule has 0 aliphatic carbocycles. The molecule has 1 aliphatic heterocycles. The third-order valence-corrected chi connectivity index (χ3v) is 4.80. The highest BCUT2D eigenvalue weighted by molar-refractivity contribution is 6.03. The van der Waals surface area contributed by atoms with Gasteiger partial charge >= 0.3 is 0 Å². The van der Waals surface area contributed by atoms with Gasteiger partial charge in [0.25, 0.3) is 0 Å². The molecular weight excluding hydrogens is 338 g/mol. The first-order chi connectivity index (χ1) is 13.0. The molecule has 1 fully saturated rings. The average molecular weight is 363 g/mol. The van der Waals surface area contributed by atoms with E-state index in [1.54, 1.807) is 13.0 Å². The second kappa shape index (κ2) is 8.54. The van der Waals surface area contributed by atoms with Crippen LogP contribution in [0.3, 0.4) is 0 Å². The molecule has 1 saturated heterocycles. The summed E-state index contributed by atoms with van der Waals surface area (Å²) < 4.78 is 0. The van der Waals surface area contributed by atoms with E-state index < -0.39 is 0 Å². The molecule has 0 spiro atoms.